The van der Waals surface area contributed by atoms with Crippen LogP contribution in [-0.2, 0) is 23.6 Å². The molecule has 3 nitrogen and oxygen atoms in total. The van der Waals surface area contributed by atoms with Crippen molar-refractivity contribution < 1.29 is 17.4 Å². The number of pyridine rings is 1. The number of fused-ring (bicyclic) bond motifs is 1. The zero-order valence-corrected chi connectivity index (χ0v) is 19.7. The van der Waals surface area contributed by atoms with E-state index in [4.69, 9.17) is 34.8 Å². The van der Waals surface area contributed by atoms with Gasteiger partial charge in [0.15, 0.2) is 11.0 Å². The fraction of sp³-hybridized carbons (Fsp3) is 0.0870. The molecule has 1 aromatic heterocycles. The summed E-state index contributed by atoms with van der Waals surface area (Å²) in [6, 6.07) is 15.5. The van der Waals surface area contributed by atoms with Gasteiger partial charge in [0.2, 0.25) is 0 Å². The monoisotopic (exact) mass is 528 g/mol. The number of nitrogens with zero attached hydrogens (tertiary/aromatic N) is 1. The Morgan fingerprint density at radius 3 is 2.18 bits per heavy atom. The lowest BCUT2D eigenvalue weighted by Crippen LogP contribution is -2.09. The topological polar surface area (TPSA) is 42.0 Å². The van der Waals surface area contributed by atoms with Gasteiger partial charge in [-0.3, -0.25) is 4.98 Å². The van der Waals surface area contributed by atoms with Crippen molar-refractivity contribution >= 4 is 62.2 Å². The maximum absolute atomic E-state index is 12.8. The molecule has 0 saturated heterocycles. The molecule has 170 valence electrons. The number of rotatable bonds is 5. The molecule has 0 spiro atoms. The largest absolute Gasteiger partial charge is 0.416 e. The first-order chi connectivity index (χ1) is 15.6. The van der Waals surface area contributed by atoms with Gasteiger partial charge in [-0.1, -0.05) is 59.1 Å². The normalized spacial score (nSPS) is 12.7. The molecule has 0 saturated carbocycles. The summed E-state index contributed by atoms with van der Waals surface area (Å²) in [6.07, 6.45) is -2.39. The Kier molecular flexibility index (Phi) is 6.86. The summed E-state index contributed by atoms with van der Waals surface area (Å²) < 4.78 is 53.8. The van der Waals surface area contributed by atoms with Gasteiger partial charge in [0.25, 0.3) is 0 Å². The van der Waals surface area contributed by atoms with E-state index in [9.17, 15) is 17.4 Å². The molecule has 1 heterocycles. The van der Waals surface area contributed by atoms with Crippen LogP contribution in [0.1, 0.15) is 16.8 Å². The van der Waals surface area contributed by atoms with Crippen LogP contribution in [0.3, 0.4) is 0 Å². The lowest BCUT2D eigenvalue weighted by Gasteiger charge is -2.13. The van der Waals surface area contributed by atoms with Crippen molar-refractivity contribution in [3.63, 3.8) is 0 Å². The summed E-state index contributed by atoms with van der Waals surface area (Å²) in [6.45, 7) is 0. The summed E-state index contributed by atoms with van der Waals surface area (Å²) in [4.78, 5) is 4.45. The van der Waals surface area contributed by atoms with Crippen molar-refractivity contribution in [1.29, 1.82) is 0 Å². The first kappa shape index (κ1) is 23.8. The van der Waals surface area contributed by atoms with Crippen LogP contribution in [0.4, 0.5) is 18.9 Å². The van der Waals surface area contributed by atoms with Gasteiger partial charge in [0, 0.05) is 39.4 Å². The Balaban J connectivity index is 1.55. The van der Waals surface area contributed by atoms with Crippen LogP contribution >= 0.6 is 34.8 Å². The second-order valence-electron chi connectivity index (χ2n) is 7.13. The van der Waals surface area contributed by atoms with Crippen LogP contribution in [0.15, 0.2) is 71.8 Å². The first-order valence-electron chi connectivity index (χ1n) is 9.48. The number of halogens is 6. The molecule has 0 radical (unpaired) electrons. The van der Waals surface area contributed by atoms with Crippen LogP contribution in [0.5, 0.6) is 0 Å². The molecule has 0 fully saturated rings. The number of benzene rings is 3. The Morgan fingerprint density at radius 1 is 0.879 bits per heavy atom. The second kappa shape index (κ2) is 9.50. The highest BCUT2D eigenvalue weighted by molar-refractivity contribution is 7.86. The van der Waals surface area contributed by atoms with E-state index in [-0.39, 0.29) is 9.92 Å². The fourth-order valence-corrected chi connectivity index (χ4v) is 5.11. The van der Waals surface area contributed by atoms with Gasteiger partial charge in [-0.15, -0.1) is 0 Å². The quantitative estimate of drug-likeness (QED) is 0.285. The third kappa shape index (κ3) is 5.44. The highest BCUT2D eigenvalue weighted by Crippen LogP contribution is 2.35. The van der Waals surface area contributed by atoms with E-state index in [1.807, 2.05) is 30.3 Å². The number of alkyl halides is 3. The van der Waals surface area contributed by atoms with Crippen LogP contribution in [-0.4, -0.2) is 9.19 Å². The molecule has 1 atom stereocenters. The van der Waals surface area contributed by atoms with E-state index in [0.717, 1.165) is 34.7 Å². The predicted octanol–water partition coefficient (Wildman–Crippen LogP) is 7.94. The number of anilines is 1. The zero-order valence-electron chi connectivity index (χ0n) is 16.6. The van der Waals surface area contributed by atoms with Gasteiger partial charge < -0.3 is 4.72 Å². The van der Waals surface area contributed by atoms with Gasteiger partial charge in [0.05, 0.1) is 15.5 Å². The van der Waals surface area contributed by atoms with E-state index < -0.39 is 22.7 Å². The van der Waals surface area contributed by atoms with Crippen LogP contribution in [0.25, 0.3) is 10.8 Å². The standard InChI is InChI=1S/C23H14Cl3F3N2OS/c24-19-10-17(31-33(32)22-6-5-15(8-21(22)26)23(27,28)29)11-20(25)18(19)9-16-7-13-3-1-2-4-14(13)12-30-16/h1-8,10-12,31H,9H2. The number of nitrogens with one attached hydrogen (secondary N) is 1. The van der Waals surface area contributed by atoms with Crippen molar-refractivity contribution in [2.24, 2.45) is 0 Å². The fourth-order valence-electron chi connectivity index (χ4n) is 3.23. The molecule has 1 unspecified atom stereocenters. The van der Waals surface area contributed by atoms with Gasteiger partial charge >= 0.3 is 6.18 Å². The minimum absolute atomic E-state index is 0.00125. The maximum Gasteiger partial charge on any atom is 0.416 e. The third-order valence-electron chi connectivity index (χ3n) is 4.86. The van der Waals surface area contributed by atoms with Crippen molar-refractivity contribution in [2.75, 3.05) is 4.72 Å². The summed E-state index contributed by atoms with van der Waals surface area (Å²) in [5.74, 6) is 0. The predicted molar refractivity (Wildman–Crippen MR) is 127 cm³/mol. The van der Waals surface area contributed by atoms with Crippen LogP contribution in [0, 0.1) is 0 Å². The van der Waals surface area contributed by atoms with Gasteiger partial charge in [-0.25, -0.2) is 4.21 Å². The lowest BCUT2D eigenvalue weighted by molar-refractivity contribution is -0.137. The SMILES string of the molecule is O=S(Nc1cc(Cl)c(Cc2cc3ccccc3cn2)c(Cl)c1)c1ccc(C(F)(F)F)cc1Cl. The molecule has 4 aromatic rings. The van der Waals surface area contributed by atoms with Crippen molar-refractivity contribution in [2.45, 2.75) is 17.5 Å². The third-order valence-corrected chi connectivity index (χ3v) is 7.13. The van der Waals surface area contributed by atoms with Crippen molar-refractivity contribution in [3.8, 4) is 0 Å². The molecular formula is C23H14Cl3F3N2OS. The van der Waals surface area contributed by atoms with Crippen molar-refractivity contribution in [1.82, 2.24) is 4.98 Å². The molecule has 3 aromatic carbocycles. The average molecular weight is 530 g/mol. The summed E-state index contributed by atoms with van der Waals surface area (Å²) in [5.41, 5.74) is 0.823. The lowest BCUT2D eigenvalue weighted by atomic mass is 10.1. The summed E-state index contributed by atoms with van der Waals surface area (Å²) in [5, 5.41) is 2.44. The minimum atomic E-state index is -4.55. The molecule has 0 bridgehead atoms. The van der Waals surface area contributed by atoms with Gasteiger partial charge in [0.1, 0.15) is 0 Å². The Hall–Kier alpha value is -2.32. The molecule has 0 aliphatic rings. The minimum Gasteiger partial charge on any atom is -0.301 e. The number of hydrogen-bond acceptors (Lipinski definition) is 2. The molecule has 0 aliphatic heterocycles. The first-order valence-corrected chi connectivity index (χ1v) is 11.8. The van der Waals surface area contributed by atoms with Crippen molar-refractivity contribution in [3.05, 3.63) is 98.7 Å². The van der Waals surface area contributed by atoms with E-state index in [0.29, 0.717) is 27.7 Å². The molecule has 0 aliphatic carbocycles. The highest BCUT2D eigenvalue weighted by atomic mass is 35.5. The van der Waals surface area contributed by atoms with E-state index in [1.54, 1.807) is 18.3 Å². The van der Waals surface area contributed by atoms with Crippen LogP contribution in [0.2, 0.25) is 15.1 Å². The highest BCUT2D eigenvalue weighted by Gasteiger charge is 2.31. The molecule has 0 amide bonds. The number of hydrogen-bond donors (Lipinski definition) is 1. The van der Waals surface area contributed by atoms with E-state index in [2.05, 4.69) is 9.71 Å². The summed E-state index contributed by atoms with van der Waals surface area (Å²) >= 11 is 18.8. The molecule has 33 heavy (non-hydrogen) atoms. The Bertz CT molecular complexity index is 1360. The average Bonchev–Trinajstić information content (AvgIpc) is 2.75. The maximum atomic E-state index is 12.8. The van der Waals surface area contributed by atoms with Gasteiger partial charge in [-0.05, 0) is 47.3 Å². The molecule has 1 N–H and O–H groups in total. The molecule has 4 rings (SSSR count). The number of aromatic nitrogens is 1. The van der Waals surface area contributed by atoms with Gasteiger partial charge in [-0.2, -0.15) is 13.2 Å². The zero-order chi connectivity index (χ0) is 23.8. The smallest absolute Gasteiger partial charge is 0.301 e. The summed E-state index contributed by atoms with van der Waals surface area (Å²) in [7, 11) is -1.94. The molecule has 10 heteroatoms. The Morgan fingerprint density at radius 2 is 1.55 bits per heavy atom. The van der Waals surface area contributed by atoms with E-state index in [1.165, 1.54) is 0 Å². The Labute approximate surface area is 205 Å². The molecular weight excluding hydrogens is 516 g/mol. The van der Waals surface area contributed by atoms with E-state index >= 15 is 0 Å². The van der Waals surface area contributed by atoms with Crippen LogP contribution < -0.4 is 4.72 Å². The second-order valence-corrected chi connectivity index (χ2v) is 9.53.